The quantitative estimate of drug-likeness (QED) is 0.729. The van der Waals surface area contributed by atoms with E-state index in [0.717, 1.165) is 45.5 Å². The lowest BCUT2D eigenvalue weighted by molar-refractivity contribution is 0.153. The SMILES string of the molecule is CCC(N)(C#N)CCCN1CCC(COC)C1. The Hall–Kier alpha value is -0.630. The zero-order valence-corrected chi connectivity index (χ0v) is 11.1. The van der Waals surface area contributed by atoms with Crippen LogP contribution in [0, 0.1) is 17.2 Å². The van der Waals surface area contributed by atoms with Crippen LogP contribution in [0.1, 0.15) is 32.6 Å². The highest BCUT2D eigenvalue weighted by Crippen LogP contribution is 2.18. The van der Waals surface area contributed by atoms with Crippen LogP contribution in [0.2, 0.25) is 0 Å². The first kappa shape index (κ1) is 14.4. The number of methoxy groups -OCH3 is 1. The summed E-state index contributed by atoms with van der Waals surface area (Å²) in [4.78, 5) is 2.46. The predicted octanol–water partition coefficient (Wildman–Crippen LogP) is 1.37. The van der Waals surface area contributed by atoms with Gasteiger partial charge < -0.3 is 15.4 Å². The van der Waals surface area contributed by atoms with E-state index < -0.39 is 5.54 Å². The summed E-state index contributed by atoms with van der Waals surface area (Å²) in [5.41, 5.74) is 5.34. The van der Waals surface area contributed by atoms with Crippen molar-refractivity contribution in [1.82, 2.24) is 4.90 Å². The highest BCUT2D eigenvalue weighted by atomic mass is 16.5. The molecule has 0 amide bonds. The summed E-state index contributed by atoms with van der Waals surface area (Å²) in [5.74, 6) is 0.685. The molecule has 1 aliphatic rings. The molecule has 0 aromatic carbocycles. The van der Waals surface area contributed by atoms with E-state index in [1.807, 2.05) is 6.92 Å². The third kappa shape index (κ3) is 4.63. The van der Waals surface area contributed by atoms with Gasteiger partial charge in [0.05, 0.1) is 12.7 Å². The van der Waals surface area contributed by atoms with Crippen molar-refractivity contribution in [1.29, 1.82) is 5.26 Å². The second-order valence-electron chi connectivity index (χ2n) is 5.14. The van der Waals surface area contributed by atoms with Gasteiger partial charge in [-0.2, -0.15) is 5.26 Å². The molecule has 2 atom stereocenters. The molecule has 2 unspecified atom stereocenters. The van der Waals surface area contributed by atoms with Crippen LogP contribution in [0.25, 0.3) is 0 Å². The van der Waals surface area contributed by atoms with Crippen LogP contribution >= 0.6 is 0 Å². The fourth-order valence-electron chi connectivity index (χ4n) is 2.42. The van der Waals surface area contributed by atoms with Crippen molar-refractivity contribution in [2.75, 3.05) is 33.4 Å². The Morgan fingerprint density at radius 2 is 2.35 bits per heavy atom. The summed E-state index contributed by atoms with van der Waals surface area (Å²) < 4.78 is 5.18. The molecule has 1 saturated heterocycles. The van der Waals surface area contributed by atoms with Gasteiger partial charge in [-0.05, 0) is 44.7 Å². The zero-order chi connectivity index (χ0) is 12.7. The number of rotatable bonds is 7. The van der Waals surface area contributed by atoms with E-state index in [1.54, 1.807) is 7.11 Å². The Bertz CT molecular complexity index is 264. The van der Waals surface area contributed by atoms with Gasteiger partial charge in [0, 0.05) is 13.7 Å². The van der Waals surface area contributed by atoms with Gasteiger partial charge in [0.1, 0.15) is 5.54 Å². The summed E-state index contributed by atoms with van der Waals surface area (Å²) in [7, 11) is 1.76. The lowest BCUT2D eigenvalue weighted by Gasteiger charge is -2.21. The maximum Gasteiger partial charge on any atom is 0.104 e. The van der Waals surface area contributed by atoms with Crippen LogP contribution in [0.5, 0.6) is 0 Å². The van der Waals surface area contributed by atoms with E-state index in [2.05, 4.69) is 11.0 Å². The Morgan fingerprint density at radius 1 is 1.59 bits per heavy atom. The molecule has 0 aliphatic carbocycles. The second-order valence-corrected chi connectivity index (χ2v) is 5.14. The van der Waals surface area contributed by atoms with E-state index in [-0.39, 0.29) is 0 Å². The van der Waals surface area contributed by atoms with E-state index in [0.29, 0.717) is 5.92 Å². The van der Waals surface area contributed by atoms with Crippen molar-refractivity contribution >= 4 is 0 Å². The molecule has 0 aromatic rings. The van der Waals surface area contributed by atoms with Crippen molar-refractivity contribution in [2.24, 2.45) is 11.7 Å². The third-order valence-corrected chi connectivity index (χ3v) is 3.72. The number of nitrogens with two attached hydrogens (primary N) is 1. The van der Waals surface area contributed by atoms with Gasteiger partial charge in [-0.1, -0.05) is 6.92 Å². The van der Waals surface area contributed by atoms with Crippen LogP contribution in [-0.2, 0) is 4.74 Å². The summed E-state index contributed by atoms with van der Waals surface area (Å²) in [6.45, 7) is 6.19. The molecule has 17 heavy (non-hydrogen) atoms. The summed E-state index contributed by atoms with van der Waals surface area (Å²) in [6, 6.07) is 2.22. The van der Waals surface area contributed by atoms with Gasteiger partial charge in [-0.15, -0.1) is 0 Å². The minimum Gasteiger partial charge on any atom is -0.384 e. The predicted molar refractivity (Wildman–Crippen MR) is 68.5 cm³/mol. The molecule has 98 valence electrons. The van der Waals surface area contributed by atoms with Crippen LogP contribution in [0.15, 0.2) is 0 Å². The number of hydrogen-bond acceptors (Lipinski definition) is 4. The molecule has 1 heterocycles. The van der Waals surface area contributed by atoms with Crippen molar-refractivity contribution in [3.63, 3.8) is 0 Å². The minimum absolute atomic E-state index is 0.619. The van der Waals surface area contributed by atoms with Gasteiger partial charge in [0.15, 0.2) is 0 Å². The van der Waals surface area contributed by atoms with Gasteiger partial charge in [-0.3, -0.25) is 0 Å². The zero-order valence-electron chi connectivity index (χ0n) is 11.1. The standard InChI is InChI=1S/C13H25N3O/c1-3-13(15,11-14)6-4-7-16-8-5-12(9-16)10-17-2/h12H,3-10,15H2,1-2H3. The molecule has 0 saturated carbocycles. The molecular weight excluding hydrogens is 214 g/mol. The highest BCUT2D eigenvalue weighted by molar-refractivity contribution is 5.03. The first-order valence-corrected chi connectivity index (χ1v) is 6.55. The monoisotopic (exact) mass is 239 g/mol. The minimum atomic E-state index is -0.619. The molecule has 0 spiro atoms. The van der Waals surface area contributed by atoms with Crippen molar-refractivity contribution < 1.29 is 4.74 Å². The summed E-state index contributed by atoms with van der Waals surface area (Å²) >= 11 is 0. The normalized spacial score (nSPS) is 24.5. The lowest BCUT2D eigenvalue weighted by atomic mass is 9.93. The first-order valence-electron chi connectivity index (χ1n) is 6.55. The maximum atomic E-state index is 8.98. The molecule has 4 nitrogen and oxygen atoms in total. The molecule has 0 radical (unpaired) electrons. The highest BCUT2D eigenvalue weighted by Gasteiger charge is 2.24. The molecule has 1 fully saturated rings. The molecule has 4 heteroatoms. The fraction of sp³-hybridized carbons (Fsp3) is 0.923. The van der Waals surface area contributed by atoms with Gasteiger partial charge in [0.25, 0.3) is 0 Å². The Morgan fingerprint density at radius 3 is 2.94 bits per heavy atom. The number of likely N-dealkylation sites (tertiary alicyclic amines) is 1. The average molecular weight is 239 g/mol. The van der Waals surface area contributed by atoms with Crippen LogP contribution in [0.3, 0.4) is 0 Å². The van der Waals surface area contributed by atoms with E-state index in [4.69, 9.17) is 15.7 Å². The van der Waals surface area contributed by atoms with Crippen molar-refractivity contribution in [2.45, 2.75) is 38.1 Å². The van der Waals surface area contributed by atoms with E-state index in [9.17, 15) is 0 Å². The van der Waals surface area contributed by atoms with Crippen LogP contribution < -0.4 is 5.73 Å². The molecule has 1 rings (SSSR count). The Labute approximate surface area is 105 Å². The first-order chi connectivity index (χ1) is 8.13. The number of hydrogen-bond donors (Lipinski definition) is 1. The maximum absolute atomic E-state index is 8.98. The Kier molecular flexibility index (Phi) is 5.90. The molecule has 2 N–H and O–H groups in total. The van der Waals surface area contributed by atoms with Gasteiger partial charge in [-0.25, -0.2) is 0 Å². The average Bonchev–Trinajstić information content (AvgIpc) is 2.77. The number of nitriles is 1. The smallest absolute Gasteiger partial charge is 0.104 e. The van der Waals surface area contributed by atoms with Crippen molar-refractivity contribution in [3.05, 3.63) is 0 Å². The molecule has 1 aliphatic heterocycles. The van der Waals surface area contributed by atoms with E-state index in [1.165, 1.54) is 6.42 Å². The van der Waals surface area contributed by atoms with Crippen LogP contribution in [0.4, 0.5) is 0 Å². The van der Waals surface area contributed by atoms with Gasteiger partial charge in [0.2, 0.25) is 0 Å². The van der Waals surface area contributed by atoms with Crippen molar-refractivity contribution in [3.8, 4) is 6.07 Å². The summed E-state index contributed by atoms with van der Waals surface area (Å²) in [6.07, 6.45) is 3.77. The number of ether oxygens (including phenoxy) is 1. The van der Waals surface area contributed by atoms with E-state index >= 15 is 0 Å². The summed E-state index contributed by atoms with van der Waals surface area (Å²) in [5, 5.41) is 8.98. The third-order valence-electron chi connectivity index (χ3n) is 3.72. The molecule has 0 aromatic heterocycles. The molecule has 0 bridgehead atoms. The fourth-order valence-corrected chi connectivity index (χ4v) is 2.42. The van der Waals surface area contributed by atoms with Gasteiger partial charge >= 0.3 is 0 Å². The lowest BCUT2D eigenvalue weighted by Crippen LogP contribution is -2.38. The second kappa shape index (κ2) is 6.95. The van der Waals surface area contributed by atoms with Crippen LogP contribution in [-0.4, -0.2) is 43.8 Å². The largest absolute Gasteiger partial charge is 0.384 e. The Balaban J connectivity index is 2.18. The molecular formula is C13H25N3O. The number of nitrogens with zero attached hydrogens (tertiary/aromatic N) is 2. The topological polar surface area (TPSA) is 62.3 Å².